The Morgan fingerprint density at radius 1 is 1.16 bits per heavy atom. The van der Waals surface area contributed by atoms with E-state index < -0.39 is 36.0 Å². The van der Waals surface area contributed by atoms with Crippen LogP contribution in [0.1, 0.15) is 32.0 Å². The normalized spacial score (nSPS) is 20.2. The fraction of sp³-hybridized carbons (Fsp3) is 0.444. The Balaban J connectivity index is 1.67. The second-order valence-electron chi connectivity index (χ2n) is 8.86. The molecule has 2 heterocycles. The number of cyclic esters (lactones) is 2. The maximum absolute atomic E-state index is 12.8. The summed E-state index contributed by atoms with van der Waals surface area (Å²) in [7, 11) is 1.47. The van der Waals surface area contributed by atoms with E-state index in [4.69, 9.17) is 23.7 Å². The quantitative estimate of drug-likeness (QED) is 0.288. The summed E-state index contributed by atoms with van der Waals surface area (Å²) in [5.41, 5.74) is 1.38. The van der Waals surface area contributed by atoms with Crippen LogP contribution in [0.15, 0.2) is 42.6 Å². The number of nitrogens with zero attached hydrogens (tertiary/aromatic N) is 1. The summed E-state index contributed by atoms with van der Waals surface area (Å²) in [5, 5.41) is 3.03. The minimum absolute atomic E-state index is 0.0630. The van der Waals surface area contributed by atoms with Crippen LogP contribution in [-0.2, 0) is 41.6 Å². The molecule has 0 saturated carbocycles. The first-order valence-corrected chi connectivity index (χ1v) is 12.1. The molecule has 0 spiro atoms. The monoisotopic (exact) mass is 513 g/mol. The number of carbonyl (C=O) groups excluding carboxylic acids is 3. The summed E-state index contributed by atoms with van der Waals surface area (Å²) in [6, 6.07) is 10.2. The van der Waals surface area contributed by atoms with Crippen LogP contribution < -0.4 is 14.8 Å². The van der Waals surface area contributed by atoms with Gasteiger partial charge >= 0.3 is 17.9 Å². The number of ether oxygens (including phenoxy) is 5. The van der Waals surface area contributed by atoms with Gasteiger partial charge in [-0.3, -0.25) is 24.7 Å². The summed E-state index contributed by atoms with van der Waals surface area (Å²) in [6.45, 7) is 4.66. The number of hydrogen-bond donors (Lipinski definition) is 1. The average Bonchev–Trinajstić information content (AvgIpc) is 2.92. The number of rotatable bonds is 10. The summed E-state index contributed by atoms with van der Waals surface area (Å²) >= 11 is 0. The molecule has 199 valence electrons. The van der Waals surface area contributed by atoms with Crippen molar-refractivity contribution in [2.75, 3.05) is 20.5 Å². The second-order valence-corrected chi connectivity index (χ2v) is 8.86. The predicted molar refractivity (Wildman–Crippen MR) is 132 cm³/mol. The molecule has 3 unspecified atom stereocenters. The Labute approximate surface area is 216 Å². The Hall–Kier alpha value is -3.66. The molecule has 1 saturated heterocycles. The first-order chi connectivity index (χ1) is 17.8. The minimum Gasteiger partial charge on any atom is -0.493 e. The van der Waals surface area contributed by atoms with Crippen LogP contribution in [0.4, 0.5) is 0 Å². The molecule has 2 aromatic rings. The van der Waals surface area contributed by atoms with E-state index in [0.717, 1.165) is 5.56 Å². The smallest absolute Gasteiger partial charge is 0.326 e. The van der Waals surface area contributed by atoms with Gasteiger partial charge in [0.2, 0.25) is 6.79 Å². The highest BCUT2D eigenvalue weighted by molar-refractivity contribution is 5.79. The molecule has 1 N–H and O–H groups in total. The number of benzene rings is 1. The fourth-order valence-corrected chi connectivity index (χ4v) is 3.66. The molecule has 10 heteroatoms. The van der Waals surface area contributed by atoms with E-state index in [1.54, 1.807) is 33.3 Å². The summed E-state index contributed by atoms with van der Waals surface area (Å²) in [6.07, 6.45) is 3.05. The SMILES string of the molecule is COc1ccnc(CNC2COC(=O)C(Cc3ccccc3)[CH]C(C)OC2=O)c1OCOC(=O)C(C)C. The van der Waals surface area contributed by atoms with E-state index in [2.05, 4.69) is 10.3 Å². The standard InChI is InChI=1S/C27H33N2O8/c1-17(2)25(30)36-16-35-24-21(28-11-10-23(24)33-4)14-29-22-15-34-26(31)20(12-18(3)37-27(22)32)13-19-8-6-5-7-9-19/h5-12,17-18,20,22,29H,13-16H2,1-4H3. The molecule has 10 nitrogen and oxygen atoms in total. The van der Waals surface area contributed by atoms with Crippen LogP contribution in [-0.4, -0.2) is 55.5 Å². The molecule has 0 bridgehead atoms. The van der Waals surface area contributed by atoms with Crippen molar-refractivity contribution >= 4 is 17.9 Å². The first-order valence-electron chi connectivity index (χ1n) is 12.1. The lowest BCUT2D eigenvalue weighted by atomic mass is 9.94. The highest BCUT2D eigenvalue weighted by Crippen LogP contribution is 2.29. The van der Waals surface area contributed by atoms with Gasteiger partial charge in [0.15, 0.2) is 11.5 Å². The lowest BCUT2D eigenvalue weighted by Crippen LogP contribution is -2.42. The van der Waals surface area contributed by atoms with E-state index in [1.807, 2.05) is 30.3 Å². The van der Waals surface area contributed by atoms with Gasteiger partial charge in [-0.25, -0.2) is 0 Å². The first kappa shape index (κ1) is 27.9. The molecule has 3 atom stereocenters. The van der Waals surface area contributed by atoms with Gasteiger partial charge < -0.3 is 23.7 Å². The molecule has 1 aliphatic rings. The van der Waals surface area contributed by atoms with Crippen LogP contribution >= 0.6 is 0 Å². The third-order valence-electron chi connectivity index (χ3n) is 5.64. The van der Waals surface area contributed by atoms with Crippen LogP contribution in [0.2, 0.25) is 0 Å². The highest BCUT2D eigenvalue weighted by Gasteiger charge is 2.32. The fourth-order valence-electron chi connectivity index (χ4n) is 3.66. The molecule has 3 rings (SSSR count). The zero-order valence-corrected chi connectivity index (χ0v) is 21.5. The Morgan fingerprint density at radius 3 is 2.62 bits per heavy atom. The molecule has 0 aliphatic carbocycles. The molecule has 1 aromatic heterocycles. The van der Waals surface area contributed by atoms with Crippen LogP contribution in [0.5, 0.6) is 11.5 Å². The van der Waals surface area contributed by atoms with Gasteiger partial charge in [-0.1, -0.05) is 44.2 Å². The van der Waals surface area contributed by atoms with E-state index in [-0.39, 0.29) is 31.6 Å². The van der Waals surface area contributed by atoms with Gasteiger partial charge in [-0.05, 0) is 18.9 Å². The van der Waals surface area contributed by atoms with E-state index in [9.17, 15) is 14.4 Å². The van der Waals surface area contributed by atoms with Crippen molar-refractivity contribution in [3.05, 3.63) is 60.3 Å². The molecule has 0 amide bonds. The molecule has 1 fully saturated rings. The Morgan fingerprint density at radius 2 is 1.92 bits per heavy atom. The van der Waals surface area contributed by atoms with Gasteiger partial charge in [-0.15, -0.1) is 0 Å². The van der Waals surface area contributed by atoms with Gasteiger partial charge in [0.05, 0.1) is 18.9 Å². The lowest BCUT2D eigenvalue weighted by molar-refractivity contribution is -0.154. The Bertz CT molecular complexity index is 1060. The van der Waals surface area contributed by atoms with Gasteiger partial charge in [0, 0.05) is 25.2 Å². The molecule has 37 heavy (non-hydrogen) atoms. The molecule has 1 aliphatic heterocycles. The largest absolute Gasteiger partial charge is 0.493 e. The topological polar surface area (TPSA) is 122 Å². The lowest BCUT2D eigenvalue weighted by Gasteiger charge is -2.19. The van der Waals surface area contributed by atoms with Gasteiger partial charge in [0.25, 0.3) is 0 Å². The molecular formula is C27H33N2O8. The summed E-state index contributed by atoms with van der Waals surface area (Å²) in [5.74, 6) is -1.63. The zero-order valence-electron chi connectivity index (χ0n) is 21.5. The number of nitrogens with one attached hydrogen (secondary N) is 1. The molecule has 1 radical (unpaired) electrons. The van der Waals surface area contributed by atoms with Crippen LogP contribution in [0.25, 0.3) is 0 Å². The van der Waals surface area contributed by atoms with Crippen molar-refractivity contribution in [3.63, 3.8) is 0 Å². The number of esters is 3. The molecular weight excluding hydrogens is 480 g/mol. The van der Waals surface area contributed by atoms with Crippen molar-refractivity contribution in [3.8, 4) is 11.5 Å². The maximum Gasteiger partial charge on any atom is 0.326 e. The van der Waals surface area contributed by atoms with E-state index in [0.29, 0.717) is 17.9 Å². The minimum atomic E-state index is -0.935. The highest BCUT2D eigenvalue weighted by atomic mass is 16.7. The number of carbonyl (C=O) groups is 3. The van der Waals surface area contributed by atoms with Gasteiger partial charge in [-0.2, -0.15) is 0 Å². The van der Waals surface area contributed by atoms with Crippen LogP contribution in [0, 0.1) is 18.3 Å². The zero-order chi connectivity index (χ0) is 26.8. The van der Waals surface area contributed by atoms with Crippen LogP contribution in [0.3, 0.4) is 0 Å². The van der Waals surface area contributed by atoms with Crippen molar-refractivity contribution in [1.29, 1.82) is 0 Å². The van der Waals surface area contributed by atoms with Gasteiger partial charge in [0.1, 0.15) is 24.4 Å². The third kappa shape index (κ3) is 8.18. The number of methoxy groups -OCH3 is 1. The third-order valence-corrected chi connectivity index (χ3v) is 5.64. The average molecular weight is 514 g/mol. The maximum atomic E-state index is 12.8. The van der Waals surface area contributed by atoms with Crippen molar-refractivity contribution in [1.82, 2.24) is 10.3 Å². The number of pyridine rings is 1. The molecule has 1 aromatic carbocycles. The van der Waals surface area contributed by atoms with Crippen molar-refractivity contribution in [2.45, 2.75) is 45.9 Å². The van der Waals surface area contributed by atoms with Crippen molar-refractivity contribution < 1.29 is 38.1 Å². The Kier molecular flexibility index (Phi) is 10.3. The second kappa shape index (κ2) is 13.6. The van der Waals surface area contributed by atoms with E-state index in [1.165, 1.54) is 13.3 Å². The van der Waals surface area contributed by atoms with E-state index >= 15 is 0 Å². The van der Waals surface area contributed by atoms with Crippen molar-refractivity contribution in [2.24, 2.45) is 11.8 Å². The summed E-state index contributed by atoms with van der Waals surface area (Å²) in [4.78, 5) is 41.7. The summed E-state index contributed by atoms with van der Waals surface area (Å²) < 4.78 is 27.1. The number of hydrogen-bond acceptors (Lipinski definition) is 10. The number of aromatic nitrogens is 1. The predicted octanol–water partition coefficient (Wildman–Crippen LogP) is 2.64.